The molecule has 31 heavy (non-hydrogen) atoms. The van der Waals surface area contributed by atoms with Gasteiger partial charge in [-0.15, -0.1) is 0 Å². The average Bonchev–Trinajstić information content (AvgIpc) is 3.10. The van der Waals surface area contributed by atoms with E-state index in [1.165, 1.54) is 5.56 Å². The highest BCUT2D eigenvalue weighted by atomic mass is 35.5. The minimum absolute atomic E-state index is 0.0132. The van der Waals surface area contributed by atoms with Gasteiger partial charge in [-0.2, -0.15) is 0 Å². The minimum atomic E-state index is -0.0884. The van der Waals surface area contributed by atoms with Crippen LogP contribution in [0.4, 0.5) is 0 Å². The largest absolute Gasteiger partial charge is 0.463 e. The Hall–Kier alpha value is -2.13. The van der Waals surface area contributed by atoms with Gasteiger partial charge in [-0.05, 0) is 94.6 Å². The summed E-state index contributed by atoms with van der Waals surface area (Å²) in [7, 11) is 0. The van der Waals surface area contributed by atoms with Crippen molar-refractivity contribution < 1.29 is 14.3 Å². The quantitative estimate of drug-likeness (QED) is 0.163. The molecule has 0 N–H and O–H groups in total. The second-order valence-electron chi connectivity index (χ2n) is 8.22. The van der Waals surface area contributed by atoms with Crippen LogP contribution in [0.25, 0.3) is 0 Å². The molecule has 2 rings (SSSR count). The molecule has 1 aromatic rings. The SMILES string of the molecule is C/C=C\CCCC(=O)OC(C)C.CC(CC/C=C1\CC=CC1=O)Cc1cccc(Cl)c1. The number of ketones is 1. The molecule has 1 aromatic carbocycles. The summed E-state index contributed by atoms with van der Waals surface area (Å²) in [6.07, 6.45) is 16.1. The van der Waals surface area contributed by atoms with Crippen molar-refractivity contribution in [2.45, 2.75) is 78.7 Å². The second kappa shape index (κ2) is 15.6. The third-order valence-electron chi connectivity index (χ3n) is 4.80. The number of allylic oxidation sites excluding steroid dienone is 6. The van der Waals surface area contributed by atoms with Gasteiger partial charge in [0.05, 0.1) is 6.10 Å². The van der Waals surface area contributed by atoms with Crippen LogP contribution in [0.15, 0.2) is 60.2 Å². The maximum atomic E-state index is 11.4. The van der Waals surface area contributed by atoms with E-state index < -0.39 is 0 Å². The number of halogens is 1. The number of benzene rings is 1. The minimum Gasteiger partial charge on any atom is -0.463 e. The Kier molecular flexibility index (Phi) is 13.6. The van der Waals surface area contributed by atoms with Crippen molar-refractivity contribution >= 4 is 23.4 Å². The molecule has 1 atom stereocenters. The van der Waals surface area contributed by atoms with Gasteiger partial charge in [-0.25, -0.2) is 0 Å². The summed E-state index contributed by atoms with van der Waals surface area (Å²) in [5.74, 6) is 0.691. The lowest BCUT2D eigenvalue weighted by Gasteiger charge is -2.10. The molecule has 0 spiro atoms. The van der Waals surface area contributed by atoms with Gasteiger partial charge in [0.1, 0.15) is 0 Å². The first-order chi connectivity index (χ1) is 14.8. The predicted molar refractivity (Wildman–Crippen MR) is 130 cm³/mol. The van der Waals surface area contributed by atoms with E-state index >= 15 is 0 Å². The lowest BCUT2D eigenvalue weighted by molar-refractivity contribution is -0.147. The van der Waals surface area contributed by atoms with Gasteiger partial charge in [0.25, 0.3) is 0 Å². The fourth-order valence-corrected chi connectivity index (χ4v) is 3.46. The van der Waals surface area contributed by atoms with Gasteiger partial charge in [0.15, 0.2) is 5.78 Å². The topological polar surface area (TPSA) is 43.4 Å². The van der Waals surface area contributed by atoms with Crippen molar-refractivity contribution in [1.29, 1.82) is 0 Å². The summed E-state index contributed by atoms with van der Waals surface area (Å²) < 4.78 is 4.97. The van der Waals surface area contributed by atoms with Gasteiger partial charge in [-0.3, -0.25) is 9.59 Å². The van der Waals surface area contributed by atoms with Gasteiger partial charge in [0.2, 0.25) is 0 Å². The van der Waals surface area contributed by atoms with Crippen LogP contribution in [0.2, 0.25) is 5.02 Å². The first-order valence-corrected chi connectivity index (χ1v) is 11.6. The zero-order chi connectivity index (χ0) is 23.1. The van der Waals surface area contributed by atoms with E-state index in [1.54, 1.807) is 6.08 Å². The standard InChI is InChI=1S/C17H19ClO.C10H18O2/c1-13(11-14-6-3-9-16(18)12-14)5-2-7-15-8-4-10-17(15)19;1-4-5-6-7-8-10(11)12-9(2)3/h3-4,6-7,9-10,12-13H,2,5,8,11H2,1H3;4-5,9H,6-8H2,1-3H3/b15-7+;5-4-. The summed E-state index contributed by atoms with van der Waals surface area (Å²) in [6, 6.07) is 8.04. The molecule has 0 saturated heterocycles. The van der Waals surface area contributed by atoms with Crippen molar-refractivity contribution in [2.24, 2.45) is 5.92 Å². The van der Waals surface area contributed by atoms with Crippen LogP contribution in [-0.2, 0) is 20.7 Å². The molecule has 0 heterocycles. The van der Waals surface area contributed by atoms with E-state index in [9.17, 15) is 9.59 Å². The number of carbonyl (C=O) groups is 2. The first kappa shape index (κ1) is 26.9. The number of rotatable bonds is 10. The van der Waals surface area contributed by atoms with Crippen LogP contribution in [-0.4, -0.2) is 17.9 Å². The van der Waals surface area contributed by atoms with Crippen LogP contribution in [0.3, 0.4) is 0 Å². The molecule has 0 bridgehead atoms. The van der Waals surface area contributed by atoms with Crippen LogP contribution in [0.1, 0.15) is 71.8 Å². The zero-order valence-electron chi connectivity index (χ0n) is 19.4. The molecule has 0 aromatic heterocycles. The van der Waals surface area contributed by atoms with Crippen LogP contribution in [0.5, 0.6) is 0 Å². The van der Waals surface area contributed by atoms with E-state index in [-0.39, 0.29) is 17.9 Å². The average molecular weight is 445 g/mol. The highest BCUT2D eigenvalue weighted by Crippen LogP contribution is 2.19. The Bertz CT molecular complexity index is 774. The van der Waals surface area contributed by atoms with Crippen molar-refractivity contribution in [3.05, 3.63) is 70.8 Å². The number of ether oxygens (including phenoxy) is 1. The molecule has 0 aliphatic heterocycles. The molecule has 3 nitrogen and oxygen atoms in total. The van der Waals surface area contributed by atoms with E-state index in [0.29, 0.717) is 12.3 Å². The number of esters is 1. The number of carbonyl (C=O) groups excluding carboxylic acids is 2. The Labute approximate surface area is 193 Å². The Balaban J connectivity index is 0.000000348. The second-order valence-corrected chi connectivity index (χ2v) is 8.65. The van der Waals surface area contributed by atoms with Gasteiger partial charge in [-0.1, -0.05) is 55.0 Å². The summed E-state index contributed by atoms with van der Waals surface area (Å²) in [5, 5.41) is 0.800. The normalized spacial score (nSPS) is 15.4. The van der Waals surface area contributed by atoms with Crippen molar-refractivity contribution in [2.75, 3.05) is 0 Å². The summed E-state index contributed by atoms with van der Waals surface area (Å²) in [5.41, 5.74) is 2.24. The van der Waals surface area contributed by atoms with Crippen molar-refractivity contribution in [1.82, 2.24) is 0 Å². The summed E-state index contributed by atoms with van der Waals surface area (Å²) >= 11 is 5.98. The smallest absolute Gasteiger partial charge is 0.306 e. The monoisotopic (exact) mass is 444 g/mol. The fraction of sp³-hybridized carbons (Fsp3) is 0.481. The molecular formula is C27H37ClO3. The molecule has 0 radical (unpaired) electrons. The van der Waals surface area contributed by atoms with E-state index in [0.717, 1.165) is 49.1 Å². The van der Waals surface area contributed by atoms with Gasteiger partial charge in [0, 0.05) is 11.4 Å². The highest BCUT2D eigenvalue weighted by Gasteiger charge is 2.10. The fourth-order valence-electron chi connectivity index (χ4n) is 3.25. The maximum absolute atomic E-state index is 11.4. The Morgan fingerprint density at radius 2 is 2.00 bits per heavy atom. The van der Waals surface area contributed by atoms with Gasteiger partial charge >= 0.3 is 5.97 Å². The molecule has 170 valence electrons. The Morgan fingerprint density at radius 1 is 1.23 bits per heavy atom. The van der Waals surface area contributed by atoms with Crippen LogP contribution < -0.4 is 0 Å². The third-order valence-corrected chi connectivity index (χ3v) is 5.04. The van der Waals surface area contributed by atoms with Crippen LogP contribution >= 0.6 is 11.6 Å². The van der Waals surface area contributed by atoms with Crippen LogP contribution in [0, 0.1) is 5.92 Å². The zero-order valence-corrected chi connectivity index (χ0v) is 20.2. The van der Waals surface area contributed by atoms with E-state index in [2.05, 4.69) is 25.1 Å². The van der Waals surface area contributed by atoms with Crippen molar-refractivity contribution in [3.63, 3.8) is 0 Å². The highest BCUT2D eigenvalue weighted by molar-refractivity contribution is 6.30. The van der Waals surface area contributed by atoms with Gasteiger partial charge < -0.3 is 4.74 Å². The Morgan fingerprint density at radius 3 is 2.61 bits per heavy atom. The van der Waals surface area contributed by atoms with E-state index in [1.807, 2.05) is 51.1 Å². The molecule has 0 amide bonds. The molecule has 4 heteroatoms. The third kappa shape index (κ3) is 13.0. The number of hydrogen-bond donors (Lipinski definition) is 0. The van der Waals surface area contributed by atoms with Crippen molar-refractivity contribution in [3.8, 4) is 0 Å². The summed E-state index contributed by atoms with van der Waals surface area (Å²) in [6.45, 7) is 7.95. The lowest BCUT2D eigenvalue weighted by atomic mass is 9.96. The summed E-state index contributed by atoms with van der Waals surface area (Å²) in [4.78, 5) is 22.4. The molecule has 1 aliphatic carbocycles. The molecule has 0 fully saturated rings. The predicted octanol–water partition coefficient (Wildman–Crippen LogP) is 7.44. The maximum Gasteiger partial charge on any atom is 0.306 e. The first-order valence-electron chi connectivity index (χ1n) is 11.3. The molecule has 1 unspecified atom stereocenters. The van der Waals surface area contributed by atoms with E-state index in [4.69, 9.17) is 16.3 Å². The molecule has 1 aliphatic rings. The number of unbranched alkanes of at least 4 members (excludes halogenated alkanes) is 1. The molecular weight excluding hydrogens is 408 g/mol. The lowest BCUT2D eigenvalue weighted by Crippen LogP contribution is -2.10. The molecule has 0 saturated carbocycles. The number of hydrogen-bond acceptors (Lipinski definition) is 3.